The Bertz CT molecular complexity index is 584. The number of nitrogens with zero attached hydrogens (tertiary/aromatic N) is 2. The minimum absolute atomic E-state index is 0.143. The van der Waals surface area contributed by atoms with E-state index >= 15 is 0 Å². The number of aromatic nitrogens is 2. The summed E-state index contributed by atoms with van der Waals surface area (Å²) in [6.07, 6.45) is 0.872. The van der Waals surface area contributed by atoms with Gasteiger partial charge in [-0.2, -0.15) is 4.98 Å². The lowest BCUT2D eigenvalue weighted by molar-refractivity contribution is 0.332. The molecule has 2 N–H and O–H groups in total. The minimum Gasteiger partial charge on any atom is -0.338 e. The molecule has 0 radical (unpaired) electrons. The van der Waals surface area contributed by atoms with Crippen LogP contribution in [0, 0.1) is 17.6 Å². The molecule has 2 rings (SSSR count). The highest BCUT2D eigenvalue weighted by molar-refractivity contribution is 5.21. The molecule has 0 aliphatic carbocycles. The highest BCUT2D eigenvalue weighted by atomic mass is 19.1. The molecule has 1 atom stereocenters. The lowest BCUT2D eigenvalue weighted by atomic mass is 10.0. The average Bonchev–Trinajstić information content (AvgIpc) is 2.80. The maximum Gasteiger partial charge on any atom is 0.243 e. The van der Waals surface area contributed by atoms with Gasteiger partial charge in [0.15, 0.2) is 5.82 Å². The van der Waals surface area contributed by atoms with Gasteiger partial charge in [0.1, 0.15) is 11.6 Å². The zero-order valence-electron chi connectivity index (χ0n) is 11.4. The van der Waals surface area contributed by atoms with Gasteiger partial charge in [-0.05, 0) is 24.0 Å². The van der Waals surface area contributed by atoms with Crippen molar-refractivity contribution in [1.82, 2.24) is 10.1 Å². The fourth-order valence-corrected chi connectivity index (χ4v) is 1.93. The summed E-state index contributed by atoms with van der Waals surface area (Å²) in [6, 6.07) is 3.08. The number of halogens is 2. The Balaban J connectivity index is 2.09. The lowest BCUT2D eigenvalue weighted by Gasteiger charge is -2.08. The second-order valence-electron chi connectivity index (χ2n) is 5.20. The van der Waals surface area contributed by atoms with Crippen LogP contribution >= 0.6 is 0 Å². The zero-order chi connectivity index (χ0) is 14.7. The largest absolute Gasteiger partial charge is 0.338 e. The molecule has 0 fully saturated rings. The summed E-state index contributed by atoms with van der Waals surface area (Å²) in [7, 11) is 0. The van der Waals surface area contributed by atoms with Crippen LogP contribution in [0.3, 0.4) is 0 Å². The molecule has 108 valence electrons. The third-order valence-corrected chi connectivity index (χ3v) is 2.89. The van der Waals surface area contributed by atoms with Crippen LogP contribution in [0.5, 0.6) is 0 Å². The van der Waals surface area contributed by atoms with Gasteiger partial charge in [0, 0.05) is 12.5 Å². The smallest absolute Gasteiger partial charge is 0.243 e. The number of benzene rings is 1. The van der Waals surface area contributed by atoms with Crippen molar-refractivity contribution in [2.45, 2.75) is 32.7 Å². The van der Waals surface area contributed by atoms with Gasteiger partial charge in [0.05, 0.1) is 6.04 Å². The molecule has 1 aromatic heterocycles. The summed E-state index contributed by atoms with van der Waals surface area (Å²) in [6.45, 7) is 4.09. The van der Waals surface area contributed by atoms with Gasteiger partial charge in [-0.3, -0.25) is 0 Å². The Kier molecular flexibility index (Phi) is 4.44. The predicted molar refractivity (Wildman–Crippen MR) is 69.8 cm³/mol. The summed E-state index contributed by atoms with van der Waals surface area (Å²) >= 11 is 0. The Morgan fingerprint density at radius 2 is 2.05 bits per heavy atom. The Morgan fingerprint density at radius 3 is 2.70 bits per heavy atom. The summed E-state index contributed by atoms with van der Waals surface area (Å²) in [5.41, 5.74) is 6.25. The van der Waals surface area contributed by atoms with E-state index in [1.54, 1.807) is 0 Å². The number of hydrogen-bond donors (Lipinski definition) is 1. The minimum atomic E-state index is -0.622. The molecular weight excluding hydrogens is 264 g/mol. The fraction of sp³-hybridized carbons (Fsp3) is 0.429. The van der Waals surface area contributed by atoms with Crippen LogP contribution in [0.2, 0.25) is 0 Å². The van der Waals surface area contributed by atoms with E-state index < -0.39 is 11.6 Å². The zero-order valence-corrected chi connectivity index (χ0v) is 11.4. The summed E-state index contributed by atoms with van der Waals surface area (Å²) < 4.78 is 31.4. The maximum absolute atomic E-state index is 13.5. The summed E-state index contributed by atoms with van der Waals surface area (Å²) in [4.78, 5) is 4.16. The van der Waals surface area contributed by atoms with Crippen LogP contribution in [-0.2, 0) is 6.42 Å². The van der Waals surface area contributed by atoms with E-state index in [0.717, 1.165) is 12.5 Å². The first kappa shape index (κ1) is 14.6. The molecule has 0 unspecified atom stereocenters. The first-order chi connectivity index (χ1) is 9.45. The molecule has 0 spiro atoms. The SMILES string of the molecule is CC(C)C[C@H](N)c1nc(Cc2ccc(F)cc2F)no1. The van der Waals surface area contributed by atoms with Gasteiger partial charge in [-0.25, -0.2) is 8.78 Å². The van der Waals surface area contributed by atoms with Gasteiger partial charge in [0.2, 0.25) is 5.89 Å². The van der Waals surface area contributed by atoms with Crippen molar-refractivity contribution >= 4 is 0 Å². The molecule has 2 aromatic rings. The van der Waals surface area contributed by atoms with E-state index in [2.05, 4.69) is 10.1 Å². The van der Waals surface area contributed by atoms with Crippen molar-refractivity contribution < 1.29 is 13.3 Å². The van der Waals surface area contributed by atoms with Crippen molar-refractivity contribution in [3.05, 3.63) is 47.1 Å². The third kappa shape index (κ3) is 3.60. The Labute approximate surface area is 116 Å². The highest BCUT2D eigenvalue weighted by Gasteiger charge is 2.17. The lowest BCUT2D eigenvalue weighted by Crippen LogP contribution is -2.13. The van der Waals surface area contributed by atoms with Gasteiger partial charge < -0.3 is 10.3 Å². The molecule has 0 aliphatic rings. The summed E-state index contributed by atoms with van der Waals surface area (Å²) in [5.74, 6) is -0.141. The first-order valence-corrected chi connectivity index (χ1v) is 6.47. The van der Waals surface area contributed by atoms with Gasteiger partial charge >= 0.3 is 0 Å². The molecular formula is C14H17F2N3O. The standard InChI is InChI=1S/C14H17F2N3O/c1-8(2)5-12(17)14-18-13(19-20-14)6-9-3-4-10(15)7-11(9)16/h3-4,7-8,12H,5-6,17H2,1-2H3/t12-/m0/s1. The van der Waals surface area contributed by atoms with Crippen LogP contribution in [0.25, 0.3) is 0 Å². The molecule has 20 heavy (non-hydrogen) atoms. The quantitative estimate of drug-likeness (QED) is 0.915. The normalized spacial score (nSPS) is 12.9. The first-order valence-electron chi connectivity index (χ1n) is 6.47. The molecule has 1 aromatic carbocycles. The predicted octanol–water partition coefficient (Wildman–Crippen LogP) is 2.98. The van der Waals surface area contributed by atoms with E-state index in [-0.39, 0.29) is 12.5 Å². The van der Waals surface area contributed by atoms with Gasteiger partial charge in [-0.15, -0.1) is 0 Å². The molecule has 6 heteroatoms. The Morgan fingerprint density at radius 1 is 1.30 bits per heavy atom. The van der Waals surface area contributed by atoms with Crippen molar-refractivity contribution in [2.75, 3.05) is 0 Å². The Hall–Kier alpha value is -1.82. The monoisotopic (exact) mass is 281 g/mol. The van der Waals surface area contributed by atoms with Gasteiger partial charge in [0.25, 0.3) is 0 Å². The highest BCUT2D eigenvalue weighted by Crippen LogP contribution is 2.18. The van der Waals surface area contributed by atoms with Crippen LogP contribution in [0.4, 0.5) is 8.78 Å². The van der Waals surface area contributed by atoms with E-state index in [0.29, 0.717) is 23.2 Å². The van der Waals surface area contributed by atoms with E-state index in [1.165, 1.54) is 12.1 Å². The van der Waals surface area contributed by atoms with Crippen molar-refractivity contribution in [2.24, 2.45) is 11.7 Å². The van der Waals surface area contributed by atoms with Crippen LogP contribution in [0.15, 0.2) is 22.7 Å². The third-order valence-electron chi connectivity index (χ3n) is 2.89. The topological polar surface area (TPSA) is 64.9 Å². The van der Waals surface area contributed by atoms with E-state index in [1.807, 2.05) is 13.8 Å². The molecule has 0 aliphatic heterocycles. The van der Waals surface area contributed by atoms with Crippen LogP contribution < -0.4 is 5.73 Å². The van der Waals surface area contributed by atoms with Crippen LogP contribution in [0.1, 0.15) is 43.6 Å². The molecule has 0 saturated heterocycles. The van der Waals surface area contributed by atoms with Gasteiger partial charge in [-0.1, -0.05) is 25.1 Å². The number of rotatable bonds is 5. The second kappa shape index (κ2) is 6.09. The number of nitrogens with two attached hydrogens (primary N) is 1. The van der Waals surface area contributed by atoms with Crippen molar-refractivity contribution in [1.29, 1.82) is 0 Å². The average molecular weight is 281 g/mol. The molecule has 0 saturated carbocycles. The van der Waals surface area contributed by atoms with E-state index in [9.17, 15) is 8.78 Å². The maximum atomic E-state index is 13.5. The van der Waals surface area contributed by atoms with Crippen molar-refractivity contribution in [3.63, 3.8) is 0 Å². The molecule has 0 amide bonds. The number of hydrogen-bond acceptors (Lipinski definition) is 4. The molecule has 0 bridgehead atoms. The molecule has 4 nitrogen and oxygen atoms in total. The fourth-order valence-electron chi connectivity index (χ4n) is 1.93. The van der Waals surface area contributed by atoms with E-state index in [4.69, 9.17) is 10.3 Å². The molecule has 1 heterocycles. The summed E-state index contributed by atoms with van der Waals surface area (Å²) in [5, 5.41) is 3.78. The van der Waals surface area contributed by atoms with Crippen molar-refractivity contribution in [3.8, 4) is 0 Å². The van der Waals surface area contributed by atoms with Crippen LogP contribution in [-0.4, -0.2) is 10.1 Å². The second-order valence-corrected chi connectivity index (χ2v) is 5.20.